The average molecular weight is 322 g/mol. The van der Waals surface area contributed by atoms with Crippen molar-refractivity contribution in [3.05, 3.63) is 53.4 Å². The van der Waals surface area contributed by atoms with Gasteiger partial charge in [-0.15, -0.1) is 0 Å². The molecule has 2 rings (SSSR count). The van der Waals surface area contributed by atoms with Gasteiger partial charge in [-0.1, -0.05) is 17.7 Å². The number of nitrogens with one attached hydrogen (secondary N) is 1. The zero-order valence-corrected chi connectivity index (χ0v) is 13.5. The first kappa shape index (κ1) is 16.4. The molecule has 22 heavy (non-hydrogen) atoms. The highest BCUT2D eigenvalue weighted by atomic mass is 35.5. The lowest BCUT2D eigenvalue weighted by atomic mass is 10.3. The summed E-state index contributed by atoms with van der Waals surface area (Å²) in [6.45, 7) is 1.78. The molecule has 0 aromatic heterocycles. The second-order valence-corrected chi connectivity index (χ2v) is 5.63. The largest absolute Gasteiger partial charge is 0.460 e. The van der Waals surface area contributed by atoms with Crippen molar-refractivity contribution in [1.82, 2.24) is 15.1 Å². The second-order valence-electron chi connectivity index (χ2n) is 5.20. The third-order valence-electron chi connectivity index (χ3n) is 3.02. The fraction of sp³-hybridized carbons (Fsp3) is 0.312. The summed E-state index contributed by atoms with van der Waals surface area (Å²) in [6, 6.07) is 7.03. The Morgan fingerprint density at radius 2 is 2.27 bits per heavy atom. The molecule has 2 amide bonds. The number of urea groups is 1. The van der Waals surface area contributed by atoms with E-state index in [4.69, 9.17) is 16.3 Å². The SMILES string of the molecule is CN(C)CCNC(=O)N1C=CC=C(Oc2cccc(Cl)c2)C1. The molecular weight excluding hydrogens is 302 g/mol. The highest BCUT2D eigenvalue weighted by Gasteiger charge is 2.16. The van der Waals surface area contributed by atoms with Gasteiger partial charge in [0.1, 0.15) is 11.5 Å². The number of carbonyl (C=O) groups is 1. The van der Waals surface area contributed by atoms with Gasteiger partial charge in [0.05, 0.1) is 6.54 Å². The third-order valence-corrected chi connectivity index (χ3v) is 3.25. The van der Waals surface area contributed by atoms with Crippen LogP contribution in [0.4, 0.5) is 4.79 Å². The topological polar surface area (TPSA) is 44.8 Å². The first-order valence-electron chi connectivity index (χ1n) is 7.04. The number of halogens is 1. The minimum atomic E-state index is -0.140. The standard InChI is InChI=1S/C16H20ClN3O2/c1-19(2)10-8-18-16(21)20-9-4-7-15(12-20)22-14-6-3-5-13(17)11-14/h3-7,9,11H,8,10,12H2,1-2H3,(H,18,21). The Labute approximate surface area is 135 Å². The summed E-state index contributed by atoms with van der Waals surface area (Å²) in [5, 5.41) is 3.48. The van der Waals surface area contributed by atoms with Crippen LogP contribution in [0.1, 0.15) is 0 Å². The van der Waals surface area contributed by atoms with Crippen molar-refractivity contribution < 1.29 is 9.53 Å². The molecule has 6 heteroatoms. The number of hydrogen-bond acceptors (Lipinski definition) is 3. The van der Waals surface area contributed by atoms with Crippen LogP contribution >= 0.6 is 11.6 Å². The summed E-state index contributed by atoms with van der Waals surface area (Å²) in [7, 11) is 3.93. The van der Waals surface area contributed by atoms with E-state index in [0.717, 1.165) is 6.54 Å². The number of benzene rings is 1. The Kier molecular flexibility index (Phi) is 5.86. The molecular formula is C16H20ClN3O2. The van der Waals surface area contributed by atoms with Crippen molar-refractivity contribution in [3.8, 4) is 5.75 Å². The predicted molar refractivity (Wildman–Crippen MR) is 88.0 cm³/mol. The Hall–Kier alpha value is -1.98. The van der Waals surface area contributed by atoms with E-state index >= 15 is 0 Å². The number of rotatable bonds is 5. The zero-order valence-electron chi connectivity index (χ0n) is 12.8. The van der Waals surface area contributed by atoms with Gasteiger partial charge in [-0.05, 0) is 44.4 Å². The van der Waals surface area contributed by atoms with E-state index in [1.807, 2.05) is 37.2 Å². The van der Waals surface area contributed by atoms with Crippen LogP contribution in [0, 0.1) is 0 Å². The van der Waals surface area contributed by atoms with Crippen molar-refractivity contribution >= 4 is 17.6 Å². The van der Waals surface area contributed by atoms with Crippen LogP contribution in [-0.4, -0.2) is 49.6 Å². The summed E-state index contributed by atoms with van der Waals surface area (Å²) in [5.74, 6) is 1.34. The van der Waals surface area contributed by atoms with Gasteiger partial charge in [0, 0.05) is 24.3 Å². The number of ether oxygens (including phenoxy) is 1. The molecule has 1 aromatic rings. The van der Waals surface area contributed by atoms with Crippen molar-refractivity contribution in [3.63, 3.8) is 0 Å². The van der Waals surface area contributed by atoms with E-state index < -0.39 is 0 Å². The second kappa shape index (κ2) is 7.87. The summed E-state index contributed by atoms with van der Waals surface area (Å²) in [4.78, 5) is 15.7. The molecule has 5 nitrogen and oxygen atoms in total. The highest BCUT2D eigenvalue weighted by Crippen LogP contribution is 2.20. The van der Waals surface area contributed by atoms with E-state index in [0.29, 0.717) is 29.6 Å². The molecule has 0 spiro atoms. The van der Waals surface area contributed by atoms with Gasteiger partial charge >= 0.3 is 6.03 Å². The van der Waals surface area contributed by atoms with Crippen LogP contribution in [0.2, 0.25) is 5.02 Å². The number of nitrogens with zero attached hydrogens (tertiary/aromatic N) is 2. The van der Waals surface area contributed by atoms with Gasteiger partial charge in [0.15, 0.2) is 0 Å². The molecule has 1 aliphatic rings. The van der Waals surface area contributed by atoms with Crippen molar-refractivity contribution in [2.45, 2.75) is 0 Å². The van der Waals surface area contributed by atoms with Gasteiger partial charge in [0.25, 0.3) is 0 Å². The molecule has 0 radical (unpaired) electrons. The lowest BCUT2D eigenvalue weighted by Crippen LogP contribution is -2.41. The first-order valence-corrected chi connectivity index (χ1v) is 7.42. The molecule has 0 unspecified atom stereocenters. The smallest absolute Gasteiger partial charge is 0.321 e. The van der Waals surface area contributed by atoms with Crippen LogP contribution < -0.4 is 10.1 Å². The summed E-state index contributed by atoms with van der Waals surface area (Å²) >= 11 is 5.93. The van der Waals surface area contributed by atoms with Gasteiger partial charge in [0.2, 0.25) is 0 Å². The van der Waals surface area contributed by atoms with E-state index in [-0.39, 0.29) is 6.03 Å². The van der Waals surface area contributed by atoms with Gasteiger partial charge in [-0.25, -0.2) is 4.79 Å². The van der Waals surface area contributed by atoms with E-state index in [9.17, 15) is 4.79 Å². The number of hydrogen-bond donors (Lipinski definition) is 1. The van der Waals surface area contributed by atoms with E-state index in [1.54, 1.807) is 29.3 Å². The van der Waals surface area contributed by atoms with Gasteiger partial charge in [-0.2, -0.15) is 0 Å². The highest BCUT2D eigenvalue weighted by molar-refractivity contribution is 6.30. The lowest BCUT2D eigenvalue weighted by molar-refractivity contribution is 0.211. The lowest BCUT2D eigenvalue weighted by Gasteiger charge is -2.23. The van der Waals surface area contributed by atoms with Crippen molar-refractivity contribution in [2.75, 3.05) is 33.7 Å². The molecule has 0 atom stereocenters. The van der Waals surface area contributed by atoms with Gasteiger partial charge < -0.3 is 15.0 Å². The molecule has 0 aliphatic carbocycles. The molecule has 0 saturated heterocycles. The molecule has 1 N–H and O–H groups in total. The van der Waals surface area contributed by atoms with Crippen molar-refractivity contribution in [1.29, 1.82) is 0 Å². The number of allylic oxidation sites excluding steroid dienone is 2. The fourth-order valence-corrected chi connectivity index (χ4v) is 2.08. The molecule has 118 valence electrons. The summed E-state index contributed by atoms with van der Waals surface area (Å²) in [5.41, 5.74) is 0. The first-order chi connectivity index (χ1) is 10.5. The molecule has 0 saturated carbocycles. The quantitative estimate of drug-likeness (QED) is 0.907. The molecule has 1 aliphatic heterocycles. The maximum absolute atomic E-state index is 12.1. The van der Waals surface area contributed by atoms with Crippen LogP contribution in [0.25, 0.3) is 0 Å². The van der Waals surface area contributed by atoms with Crippen LogP contribution in [-0.2, 0) is 0 Å². The number of likely N-dealkylation sites (N-methyl/N-ethyl adjacent to an activating group) is 1. The van der Waals surface area contributed by atoms with Crippen LogP contribution in [0.5, 0.6) is 5.75 Å². The number of amides is 2. The van der Waals surface area contributed by atoms with E-state index in [1.165, 1.54) is 0 Å². The Morgan fingerprint density at radius 1 is 1.45 bits per heavy atom. The molecule has 0 bridgehead atoms. The minimum Gasteiger partial charge on any atom is -0.460 e. The molecule has 1 aromatic carbocycles. The Bertz CT molecular complexity index is 585. The maximum Gasteiger partial charge on any atom is 0.321 e. The Morgan fingerprint density at radius 3 is 3.00 bits per heavy atom. The fourth-order valence-electron chi connectivity index (χ4n) is 1.90. The van der Waals surface area contributed by atoms with Gasteiger partial charge in [-0.3, -0.25) is 4.90 Å². The van der Waals surface area contributed by atoms with Crippen LogP contribution in [0.3, 0.4) is 0 Å². The normalized spacial score (nSPS) is 14.0. The minimum absolute atomic E-state index is 0.140. The van der Waals surface area contributed by atoms with E-state index in [2.05, 4.69) is 5.32 Å². The maximum atomic E-state index is 12.1. The average Bonchev–Trinajstić information content (AvgIpc) is 2.47. The summed E-state index contributed by atoms with van der Waals surface area (Å²) in [6.07, 6.45) is 5.36. The third kappa shape index (κ3) is 5.09. The molecule has 0 fully saturated rings. The Balaban J connectivity index is 1.87. The van der Waals surface area contributed by atoms with Crippen molar-refractivity contribution in [2.24, 2.45) is 0 Å². The summed E-state index contributed by atoms with van der Waals surface area (Å²) < 4.78 is 5.75. The van der Waals surface area contributed by atoms with Crippen LogP contribution in [0.15, 0.2) is 48.4 Å². The monoisotopic (exact) mass is 321 g/mol. The predicted octanol–water partition coefficient (Wildman–Crippen LogP) is 2.70. The number of carbonyl (C=O) groups excluding carboxylic acids is 1. The molecule has 1 heterocycles. The zero-order chi connectivity index (χ0) is 15.9.